The van der Waals surface area contributed by atoms with Crippen molar-refractivity contribution in [3.8, 4) is 11.1 Å². The second-order valence-corrected chi connectivity index (χ2v) is 10.9. The largest absolute Gasteiger partial charge is 0.416 e. The van der Waals surface area contributed by atoms with Gasteiger partial charge in [0.15, 0.2) is 0 Å². The van der Waals surface area contributed by atoms with Crippen molar-refractivity contribution in [1.82, 2.24) is 14.9 Å². The highest BCUT2D eigenvalue weighted by Gasteiger charge is 2.41. The van der Waals surface area contributed by atoms with Gasteiger partial charge >= 0.3 is 12.4 Å². The maximum Gasteiger partial charge on any atom is 0.416 e. The van der Waals surface area contributed by atoms with Crippen LogP contribution in [0.2, 0.25) is 5.02 Å². The Bertz CT molecular complexity index is 1400. The number of hydrogen-bond donors (Lipinski definition) is 0. The van der Waals surface area contributed by atoms with E-state index in [1.807, 2.05) is 11.9 Å². The van der Waals surface area contributed by atoms with Crippen LogP contribution >= 0.6 is 11.6 Å². The zero-order valence-electron chi connectivity index (χ0n) is 22.7. The van der Waals surface area contributed by atoms with Crippen molar-refractivity contribution in [2.45, 2.75) is 31.6 Å². The van der Waals surface area contributed by atoms with E-state index in [1.54, 1.807) is 24.3 Å². The lowest BCUT2D eigenvalue weighted by atomic mass is 9.81. The fourth-order valence-electron chi connectivity index (χ4n) is 4.60. The molecule has 0 atom stereocenters. The van der Waals surface area contributed by atoms with Gasteiger partial charge in [0.1, 0.15) is 5.82 Å². The van der Waals surface area contributed by atoms with Crippen LogP contribution in [0.25, 0.3) is 11.1 Å². The molecule has 2 heterocycles. The highest BCUT2D eigenvalue weighted by atomic mass is 35.5. The summed E-state index contributed by atoms with van der Waals surface area (Å²) in [6, 6.07) is 7.97. The lowest BCUT2D eigenvalue weighted by Gasteiger charge is -2.34. The van der Waals surface area contributed by atoms with Crippen LogP contribution in [0.1, 0.15) is 30.5 Å². The summed E-state index contributed by atoms with van der Waals surface area (Å²) >= 11 is 6.44. The predicted octanol–water partition coefficient (Wildman–Crippen LogP) is 6.53. The van der Waals surface area contributed by atoms with E-state index in [1.165, 1.54) is 27.1 Å². The van der Waals surface area contributed by atoms with Crippen molar-refractivity contribution in [2.24, 2.45) is 0 Å². The van der Waals surface area contributed by atoms with Gasteiger partial charge in [-0.1, -0.05) is 29.8 Å². The maximum atomic E-state index is 13.9. The Morgan fingerprint density at radius 2 is 1.41 bits per heavy atom. The number of piperazine rings is 1. The monoisotopic (exact) mass is 599 g/mol. The van der Waals surface area contributed by atoms with Gasteiger partial charge in [-0.25, -0.2) is 4.98 Å². The van der Waals surface area contributed by atoms with Crippen molar-refractivity contribution < 1.29 is 31.1 Å². The summed E-state index contributed by atoms with van der Waals surface area (Å²) in [6.07, 6.45) is -8.59. The number of likely N-dealkylation sites (N-methyl/N-ethyl adjacent to an activating group) is 2. The van der Waals surface area contributed by atoms with E-state index >= 15 is 0 Å². The first-order valence-electron chi connectivity index (χ1n) is 12.6. The Hall–Kier alpha value is -3.38. The van der Waals surface area contributed by atoms with Gasteiger partial charge in [-0.05, 0) is 50.7 Å². The number of carbonyl (C=O) groups excluding carboxylic acids is 1. The number of carbonyl (C=O) groups is 1. The van der Waals surface area contributed by atoms with Gasteiger partial charge in [0.05, 0.1) is 16.5 Å². The summed E-state index contributed by atoms with van der Waals surface area (Å²) in [5.41, 5.74) is -4.37. The van der Waals surface area contributed by atoms with Gasteiger partial charge in [-0.2, -0.15) is 31.3 Å². The van der Waals surface area contributed by atoms with E-state index in [4.69, 9.17) is 11.6 Å². The van der Waals surface area contributed by atoms with Gasteiger partial charge in [0, 0.05) is 55.6 Å². The van der Waals surface area contributed by atoms with Crippen LogP contribution < -0.4 is 9.80 Å². The Kier molecular flexibility index (Phi) is 8.30. The number of aromatic nitrogens is 2. The summed E-state index contributed by atoms with van der Waals surface area (Å²) in [5, 5.41) is 0.345. The normalized spacial score (nSPS) is 15.2. The van der Waals surface area contributed by atoms with E-state index in [0.29, 0.717) is 47.3 Å². The molecule has 1 aliphatic rings. The number of benzene rings is 2. The van der Waals surface area contributed by atoms with Crippen molar-refractivity contribution in [3.63, 3.8) is 0 Å². The Morgan fingerprint density at radius 3 is 1.95 bits per heavy atom. The molecule has 6 nitrogen and oxygen atoms in total. The maximum absolute atomic E-state index is 13.9. The standard InChI is InChI=1S/C28H28ClF6N5O/c1-26(2,17-13-18(27(30,31)32)15-19(14-17)28(33,34)35)24(41)39(4)23-21(20-7-5-6-8-22(20)29)16-36-25(37-23)40-11-9-38(3)10-12-40/h5-8,13-16H,9-12H2,1-4H3. The van der Waals surface area contributed by atoms with Crippen LogP contribution in [-0.2, 0) is 22.6 Å². The Labute approximate surface area is 238 Å². The molecule has 0 N–H and O–H groups in total. The zero-order valence-corrected chi connectivity index (χ0v) is 23.5. The molecule has 1 saturated heterocycles. The molecule has 0 radical (unpaired) electrons. The molecule has 0 saturated carbocycles. The highest BCUT2D eigenvalue weighted by molar-refractivity contribution is 6.33. The lowest BCUT2D eigenvalue weighted by molar-refractivity contribution is -0.143. The third-order valence-corrected chi connectivity index (χ3v) is 7.50. The van der Waals surface area contributed by atoms with E-state index in [2.05, 4.69) is 14.9 Å². The molecule has 0 unspecified atom stereocenters. The van der Waals surface area contributed by atoms with Gasteiger partial charge in [-0.3, -0.25) is 9.69 Å². The molecule has 1 amide bonds. The number of hydrogen-bond acceptors (Lipinski definition) is 5. The molecule has 1 fully saturated rings. The van der Waals surface area contributed by atoms with Gasteiger partial charge in [-0.15, -0.1) is 0 Å². The van der Waals surface area contributed by atoms with Crippen LogP contribution in [0.3, 0.4) is 0 Å². The van der Waals surface area contributed by atoms with E-state index < -0.39 is 40.4 Å². The van der Waals surface area contributed by atoms with Crippen LogP contribution in [0.4, 0.5) is 38.1 Å². The summed E-state index contributed by atoms with van der Waals surface area (Å²) in [4.78, 5) is 28.3. The number of nitrogens with zero attached hydrogens (tertiary/aromatic N) is 5. The molecule has 220 valence electrons. The molecule has 41 heavy (non-hydrogen) atoms. The van der Waals surface area contributed by atoms with E-state index in [-0.39, 0.29) is 11.9 Å². The average molecular weight is 600 g/mol. The molecule has 13 heteroatoms. The third-order valence-electron chi connectivity index (χ3n) is 7.17. The zero-order chi connectivity index (χ0) is 30.3. The van der Waals surface area contributed by atoms with Crippen LogP contribution in [-0.4, -0.2) is 61.0 Å². The molecule has 0 spiro atoms. The predicted molar refractivity (Wildman–Crippen MR) is 145 cm³/mol. The minimum atomic E-state index is -5.05. The topological polar surface area (TPSA) is 52.6 Å². The van der Waals surface area contributed by atoms with Crippen molar-refractivity contribution in [1.29, 1.82) is 0 Å². The smallest absolute Gasteiger partial charge is 0.338 e. The molecular weight excluding hydrogens is 572 g/mol. The van der Waals surface area contributed by atoms with E-state index in [9.17, 15) is 31.1 Å². The molecule has 4 rings (SSSR count). The average Bonchev–Trinajstić information content (AvgIpc) is 2.91. The molecule has 0 aliphatic carbocycles. The lowest BCUT2D eigenvalue weighted by Crippen LogP contribution is -2.45. The Morgan fingerprint density at radius 1 is 0.878 bits per heavy atom. The van der Waals surface area contributed by atoms with Crippen molar-refractivity contribution in [3.05, 3.63) is 70.4 Å². The third kappa shape index (κ3) is 6.43. The summed E-state index contributed by atoms with van der Waals surface area (Å²) in [7, 11) is 3.36. The fourth-order valence-corrected chi connectivity index (χ4v) is 4.84. The van der Waals surface area contributed by atoms with Crippen LogP contribution in [0.5, 0.6) is 0 Å². The number of amides is 1. The van der Waals surface area contributed by atoms with Crippen LogP contribution in [0.15, 0.2) is 48.7 Å². The molecule has 0 bridgehead atoms. The second-order valence-electron chi connectivity index (χ2n) is 10.5. The number of rotatable bonds is 5. The highest BCUT2D eigenvalue weighted by Crippen LogP contribution is 2.41. The van der Waals surface area contributed by atoms with Gasteiger partial charge in [0.2, 0.25) is 11.9 Å². The minimum absolute atomic E-state index is 0.0377. The van der Waals surface area contributed by atoms with Crippen LogP contribution in [0, 0.1) is 0 Å². The SMILES string of the molecule is CN1CCN(c2ncc(-c3ccccc3Cl)c(N(C)C(=O)C(C)(C)c3cc(C(F)(F)F)cc(C(F)(F)F)c3)n2)CC1. The second kappa shape index (κ2) is 11.1. The Balaban J connectivity index is 1.82. The first-order valence-corrected chi connectivity index (χ1v) is 13.0. The molecule has 3 aromatic rings. The molecule has 1 aromatic heterocycles. The molecule has 1 aliphatic heterocycles. The van der Waals surface area contributed by atoms with Crippen molar-refractivity contribution in [2.75, 3.05) is 50.1 Å². The van der Waals surface area contributed by atoms with Gasteiger partial charge < -0.3 is 9.80 Å². The minimum Gasteiger partial charge on any atom is -0.338 e. The number of anilines is 2. The first-order chi connectivity index (χ1) is 19.0. The first kappa shape index (κ1) is 30.6. The fraction of sp³-hybridized carbons (Fsp3) is 0.393. The number of alkyl halides is 6. The van der Waals surface area contributed by atoms with Crippen molar-refractivity contribution >= 4 is 29.3 Å². The summed E-state index contributed by atoms with van der Waals surface area (Å²) in [6.45, 7) is 5.30. The number of halogens is 7. The summed E-state index contributed by atoms with van der Waals surface area (Å²) in [5.74, 6) is -0.329. The molecular formula is C28H28ClF6N5O. The quantitative estimate of drug-likeness (QED) is 0.312. The molecule has 2 aromatic carbocycles. The summed E-state index contributed by atoms with van der Waals surface area (Å²) < 4.78 is 81.4. The van der Waals surface area contributed by atoms with E-state index in [0.717, 1.165) is 18.0 Å². The van der Waals surface area contributed by atoms with Gasteiger partial charge in [0.25, 0.3) is 0 Å².